The number of aromatic nitrogens is 2. The number of fused-ring (bicyclic) bond motifs is 1. The lowest BCUT2D eigenvalue weighted by Crippen LogP contribution is -2.49. The van der Waals surface area contributed by atoms with E-state index in [-0.39, 0.29) is 17.5 Å². The molecular formula is C24H28N4O2. The van der Waals surface area contributed by atoms with E-state index < -0.39 is 0 Å². The predicted octanol–water partition coefficient (Wildman–Crippen LogP) is 3.00. The van der Waals surface area contributed by atoms with E-state index in [1.807, 2.05) is 48.2 Å². The first-order valence-electron chi connectivity index (χ1n) is 10.5. The van der Waals surface area contributed by atoms with Crippen LogP contribution in [-0.4, -0.2) is 51.9 Å². The van der Waals surface area contributed by atoms with Gasteiger partial charge in [0.2, 0.25) is 5.91 Å². The minimum Gasteiger partial charge on any atom is -0.333 e. The molecule has 1 unspecified atom stereocenters. The summed E-state index contributed by atoms with van der Waals surface area (Å²) in [5, 5.41) is 0.632. The number of amides is 1. The third kappa shape index (κ3) is 4.14. The van der Waals surface area contributed by atoms with Crippen molar-refractivity contribution in [3.05, 3.63) is 76.3 Å². The maximum absolute atomic E-state index is 13.0. The molecule has 156 valence electrons. The number of rotatable bonds is 5. The lowest BCUT2D eigenvalue weighted by Gasteiger charge is -2.40. The van der Waals surface area contributed by atoms with E-state index in [2.05, 4.69) is 29.1 Å². The van der Waals surface area contributed by atoms with Crippen molar-refractivity contribution in [3.8, 4) is 0 Å². The van der Waals surface area contributed by atoms with Crippen LogP contribution >= 0.6 is 0 Å². The van der Waals surface area contributed by atoms with Crippen LogP contribution in [0, 0.1) is 6.92 Å². The fourth-order valence-electron chi connectivity index (χ4n) is 4.22. The quantitative estimate of drug-likeness (QED) is 0.656. The molecular weight excluding hydrogens is 376 g/mol. The molecule has 30 heavy (non-hydrogen) atoms. The van der Waals surface area contributed by atoms with Crippen LogP contribution in [0.3, 0.4) is 0 Å². The van der Waals surface area contributed by atoms with Crippen LogP contribution in [-0.2, 0) is 11.3 Å². The number of benzene rings is 2. The summed E-state index contributed by atoms with van der Waals surface area (Å²) in [6.45, 7) is 4.89. The fourth-order valence-corrected chi connectivity index (χ4v) is 4.22. The third-order valence-corrected chi connectivity index (χ3v) is 5.93. The third-order valence-electron chi connectivity index (χ3n) is 5.93. The number of hydrogen-bond donors (Lipinski definition) is 0. The zero-order valence-corrected chi connectivity index (χ0v) is 17.6. The van der Waals surface area contributed by atoms with Crippen LogP contribution in [0.15, 0.2) is 59.7 Å². The second kappa shape index (κ2) is 8.79. The van der Waals surface area contributed by atoms with Gasteiger partial charge in [-0.15, -0.1) is 0 Å². The van der Waals surface area contributed by atoms with Gasteiger partial charge in [0.1, 0.15) is 0 Å². The Hall–Kier alpha value is -2.99. The van der Waals surface area contributed by atoms with Crippen molar-refractivity contribution in [2.75, 3.05) is 26.7 Å². The smallest absolute Gasteiger partial charge is 0.261 e. The van der Waals surface area contributed by atoms with E-state index in [1.54, 1.807) is 10.9 Å². The Morgan fingerprint density at radius 1 is 1.10 bits per heavy atom. The Bertz CT molecular complexity index is 1090. The number of hydrogen-bond acceptors (Lipinski definition) is 4. The molecule has 6 nitrogen and oxygen atoms in total. The van der Waals surface area contributed by atoms with Crippen LogP contribution < -0.4 is 5.56 Å². The van der Waals surface area contributed by atoms with Crippen molar-refractivity contribution < 1.29 is 4.79 Å². The van der Waals surface area contributed by atoms with Crippen LogP contribution in [0.1, 0.15) is 30.0 Å². The van der Waals surface area contributed by atoms with Gasteiger partial charge >= 0.3 is 0 Å². The Morgan fingerprint density at radius 2 is 1.90 bits per heavy atom. The van der Waals surface area contributed by atoms with Crippen molar-refractivity contribution in [3.63, 3.8) is 0 Å². The molecule has 1 atom stereocenters. The van der Waals surface area contributed by atoms with Gasteiger partial charge in [-0.1, -0.05) is 42.5 Å². The number of carbonyl (C=O) groups excluding carboxylic acids is 1. The Balaban J connectivity index is 1.43. The van der Waals surface area contributed by atoms with Gasteiger partial charge in [-0.05, 0) is 37.6 Å². The van der Waals surface area contributed by atoms with Gasteiger partial charge in [-0.25, -0.2) is 4.98 Å². The summed E-state index contributed by atoms with van der Waals surface area (Å²) < 4.78 is 1.62. The van der Waals surface area contributed by atoms with Gasteiger partial charge in [-0.3, -0.25) is 14.2 Å². The molecule has 0 spiro atoms. The highest BCUT2D eigenvalue weighted by Crippen LogP contribution is 2.25. The van der Waals surface area contributed by atoms with Crippen LogP contribution in [0.5, 0.6) is 0 Å². The number of para-hydroxylation sites is 1. The number of carbonyl (C=O) groups is 1. The van der Waals surface area contributed by atoms with E-state index in [4.69, 9.17) is 0 Å². The minimum atomic E-state index is -0.0436. The highest BCUT2D eigenvalue weighted by Gasteiger charge is 2.29. The number of nitrogens with zero attached hydrogens (tertiary/aromatic N) is 4. The second-order valence-electron chi connectivity index (χ2n) is 8.09. The SMILES string of the molecule is Cc1cccc2c(=O)n(CCCC(=O)N3CCN(C)CC3c3ccccc3)cnc12. The van der Waals surface area contributed by atoms with Crippen molar-refractivity contribution in [2.45, 2.75) is 32.4 Å². The van der Waals surface area contributed by atoms with Gasteiger partial charge in [-0.2, -0.15) is 0 Å². The molecule has 0 saturated carbocycles. The maximum atomic E-state index is 13.0. The molecule has 1 aromatic heterocycles. The van der Waals surface area contributed by atoms with Gasteiger partial charge in [0.25, 0.3) is 5.56 Å². The molecule has 2 heterocycles. The molecule has 0 bridgehead atoms. The summed E-state index contributed by atoms with van der Waals surface area (Å²) in [4.78, 5) is 34.5. The first kappa shape index (κ1) is 20.3. The number of aryl methyl sites for hydroxylation is 2. The van der Waals surface area contributed by atoms with Crippen molar-refractivity contribution in [1.82, 2.24) is 19.4 Å². The predicted molar refractivity (Wildman–Crippen MR) is 118 cm³/mol. The Kier molecular flexibility index (Phi) is 5.95. The Labute approximate surface area is 176 Å². The summed E-state index contributed by atoms with van der Waals surface area (Å²) in [6, 6.07) is 15.9. The Morgan fingerprint density at radius 3 is 2.70 bits per heavy atom. The van der Waals surface area contributed by atoms with Crippen molar-refractivity contribution in [2.24, 2.45) is 0 Å². The monoisotopic (exact) mass is 404 g/mol. The normalized spacial score (nSPS) is 17.4. The van der Waals surface area contributed by atoms with E-state index >= 15 is 0 Å². The standard InChI is InChI=1S/C24H28N4O2/c1-18-8-6-11-20-23(18)25-17-27(24(20)30)13-7-12-22(29)28-15-14-26(2)16-21(28)19-9-4-3-5-10-19/h3-6,8-11,17,21H,7,12-16H2,1-2H3. The molecule has 2 aromatic carbocycles. The second-order valence-corrected chi connectivity index (χ2v) is 8.09. The van der Waals surface area contributed by atoms with Gasteiger partial charge in [0, 0.05) is 32.6 Å². The summed E-state index contributed by atoms with van der Waals surface area (Å²) in [5.41, 5.74) is 2.87. The summed E-state index contributed by atoms with van der Waals surface area (Å²) in [5.74, 6) is 0.148. The molecule has 0 radical (unpaired) electrons. The lowest BCUT2D eigenvalue weighted by molar-refractivity contribution is -0.136. The molecule has 3 aromatic rings. The fraction of sp³-hybridized carbons (Fsp3) is 0.375. The van der Waals surface area contributed by atoms with Crippen LogP contribution in [0.25, 0.3) is 10.9 Å². The van der Waals surface area contributed by atoms with Gasteiger partial charge in [0.05, 0.1) is 23.3 Å². The molecule has 6 heteroatoms. The van der Waals surface area contributed by atoms with E-state index in [0.717, 1.165) is 30.7 Å². The summed E-state index contributed by atoms with van der Waals surface area (Å²) in [6.07, 6.45) is 2.64. The zero-order valence-electron chi connectivity index (χ0n) is 17.6. The zero-order chi connectivity index (χ0) is 21.1. The molecule has 1 fully saturated rings. The van der Waals surface area contributed by atoms with E-state index in [1.165, 1.54) is 5.56 Å². The summed E-state index contributed by atoms with van der Waals surface area (Å²) >= 11 is 0. The largest absolute Gasteiger partial charge is 0.333 e. The molecule has 0 aliphatic carbocycles. The van der Waals surface area contributed by atoms with Crippen LogP contribution in [0.4, 0.5) is 0 Å². The van der Waals surface area contributed by atoms with Crippen molar-refractivity contribution in [1.29, 1.82) is 0 Å². The minimum absolute atomic E-state index is 0.0436. The average molecular weight is 405 g/mol. The molecule has 1 aliphatic heterocycles. The topological polar surface area (TPSA) is 58.4 Å². The molecule has 4 rings (SSSR count). The van der Waals surface area contributed by atoms with Crippen LogP contribution in [0.2, 0.25) is 0 Å². The van der Waals surface area contributed by atoms with Gasteiger partial charge < -0.3 is 9.80 Å². The first-order chi connectivity index (χ1) is 14.5. The highest BCUT2D eigenvalue weighted by molar-refractivity contribution is 5.80. The molecule has 0 N–H and O–H groups in total. The van der Waals surface area contributed by atoms with E-state index in [0.29, 0.717) is 24.8 Å². The highest BCUT2D eigenvalue weighted by atomic mass is 16.2. The number of likely N-dealkylation sites (N-methyl/N-ethyl adjacent to an activating group) is 1. The number of piperazine rings is 1. The van der Waals surface area contributed by atoms with Crippen molar-refractivity contribution >= 4 is 16.8 Å². The molecule has 1 amide bonds. The first-order valence-corrected chi connectivity index (χ1v) is 10.5. The van der Waals surface area contributed by atoms with Gasteiger partial charge in [0.15, 0.2) is 0 Å². The van der Waals surface area contributed by atoms with E-state index in [9.17, 15) is 9.59 Å². The maximum Gasteiger partial charge on any atom is 0.261 e. The average Bonchev–Trinajstić information content (AvgIpc) is 2.76. The summed E-state index contributed by atoms with van der Waals surface area (Å²) in [7, 11) is 2.10. The lowest BCUT2D eigenvalue weighted by atomic mass is 10.0. The molecule has 1 aliphatic rings. The molecule has 1 saturated heterocycles.